The van der Waals surface area contributed by atoms with Crippen molar-refractivity contribution >= 4 is 29.0 Å². The zero-order valence-electron chi connectivity index (χ0n) is 13.9. The molecular formula is C18H22N2O3S. The number of hydrogen-bond acceptors (Lipinski definition) is 4. The molecule has 6 heteroatoms. The average Bonchev–Trinajstić information content (AvgIpc) is 3.07. The fraction of sp³-hybridized carbons (Fsp3) is 0.333. The number of furan rings is 1. The van der Waals surface area contributed by atoms with Crippen LogP contribution in [0.25, 0.3) is 0 Å². The lowest BCUT2D eigenvalue weighted by Crippen LogP contribution is -2.29. The van der Waals surface area contributed by atoms with E-state index in [0.29, 0.717) is 17.3 Å². The zero-order valence-corrected chi connectivity index (χ0v) is 14.7. The molecule has 0 atom stereocenters. The highest BCUT2D eigenvalue weighted by atomic mass is 32.1. The SMILES string of the molecule is CCOC(=O)c1ccc(C)c(NC(=S)NCCCc2ccco2)c1. The molecule has 0 saturated heterocycles. The lowest BCUT2D eigenvalue weighted by Gasteiger charge is -2.13. The van der Waals surface area contributed by atoms with Crippen molar-refractivity contribution in [2.75, 3.05) is 18.5 Å². The number of ether oxygens (including phenoxy) is 1. The number of aryl methyl sites for hydroxylation is 2. The van der Waals surface area contributed by atoms with E-state index in [9.17, 15) is 4.79 Å². The second-order valence-electron chi connectivity index (χ2n) is 5.31. The van der Waals surface area contributed by atoms with Gasteiger partial charge in [-0.25, -0.2) is 4.79 Å². The van der Waals surface area contributed by atoms with E-state index in [-0.39, 0.29) is 5.97 Å². The fourth-order valence-electron chi connectivity index (χ4n) is 2.18. The average molecular weight is 346 g/mol. The lowest BCUT2D eigenvalue weighted by atomic mass is 10.1. The third kappa shape index (κ3) is 5.38. The van der Waals surface area contributed by atoms with Gasteiger partial charge in [0.25, 0.3) is 0 Å². The van der Waals surface area contributed by atoms with Gasteiger partial charge >= 0.3 is 5.97 Å². The van der Waals surface area contributed by atoms with Gasteiger partial charge in [0.1, 0.15) is 5.76 Å². The highest BCUT2D eigenvalue weighted by molar-refractivity contribution is 7.80. The lowest BCUT2D eigenvalue weighted by molar-refractivity contribution is 0.0526. The Kier molecular flexibility index (Phi) is 6.81. The Morgan fingerprint density at radius 3 is 2.88 bits per heavy atom. The van der Waals surface area contributed by atoms with Crippen LogP contribution in [-0.4, -0.2) is 24.2 Å². The van der Waals surface area contributed by atoms with Gasteiger partial charge in [-0.1, -0.05) is 6.07 Å². The van der Waals surface area contributed by atoms with Crippen LogP contribution in [0.2, 0.25) is 0 Å². The molecular weight excluding hydrogens is 324 g/mol. The van der Waals surface area contributed by atoms with E-state index in [0.717, 1.165) is 36.4 Å². The van der Waals surface area contributed by atoms with Crippen molar-refractivity contribution < 1.29 is 13.9 Å². The van der Waals surface area contributed by atoms with Gasteiger partial charge < -0.3 is 19.8 Å². The van der Waals surface area contributed by atoms with Crippen LogP contribution in [0.4, 0.5) is 5.69 Å². The highest BCUT2D eigenvalue weighted by Crippen LogP contribution is 2.17. The Labute approximate surface area is 147 Å². The molecule has 5 nitrogen and oxygen atoms in total. The summed E-state index contributed by atoms with van der Waals surface area (Å²) >= 11 is 5.31. The van der Waals surface area contributed by atoms with Gasteiger partial charge in [-0.3, -0.25) is 0 Å². The summed E-state index contributed by atoms with van der Waals surface area (Å²) in [5, 5.41) is 6.81. The Morgan fingerprint density at radius 1 is 1.33 bits per heavy atom. The van der Waals surface area contributed by atoms with Crippen molar-refractivity contribution in [1.29, 1.82) is 0 Å². The summed E-state index contributed by atoms with van der Waals surface area (Å²) in [6.45, 7) is 4.83. The molecule has 0 bridgehead atoms. The van der Waals surface area contributed by atoms with E-state index in [4.69, 9.17) is 21.4 Å². The van der Waals surface area contributed by atoms with Crippen molar-refractivity contribution in [2.24, 2.45) is 0 Å². The van der Waals surface area contributed by atoms with Crippen molar-refractivity contribution in [3.8, 4) is 0 Å². The summed E-state index contributed by atoms with van der Waals surface area (Å²) in [5.74, 6) is 0.631. The summed E-state index contributed by atoms with van der Waals surface area (Å²) in [5.41, 5.74) is 2.30. The zero-order chi connectivity index (χ0) is 17.4. The number of nitrogens with one attached hydrogen (secondary N) is 2. The first-order valence-electron chi connectivity index (χ1n) is 7.95. The van der Waals surface area contributed by atoms with Crippen molar-refractivity contribution in [3.05, 3.63) is 53.5 Å². The van der Waals surface area contributed by atoms with Crippen LogP contribution in [0.1, 0.15) is 35.0 Å². The quantitative estimate of drug-likeness (QED) is 0.453. The third-order valence-corrected chi connectivity index (χ3v) is 3.71. The number of rotatable bonds is 7. The molecule has 128 valence electrons. The molecule has 0 aliphatic rings. The van der Waals surface area contributed by atoms with Crippen molar-refractivity contribution in [2.45, 2.75) is 26.7 Å². The maximum atomic E-state index is 11.8. The van der Waals surface area contributed by atoms with Gasteiger partial charge in [-0.05, 0) is 62.3 Å². The van der Waals surface area contributed by atoms with Gasteiger partial charge in [0.15, 0.2) is 5.11 Å². The molecule has 1 aromatic carbocycles. The van der Waals surface area contributed by atoms with Crippen molar-refractivity contribution in [1.82, 2.24) is 5.32 Å². The van der Waals surface area contributed by atoms with Crippen LogP contribution in [-0.2, 0) is 11.2 Å². The molecule has 0 aliphatic heterocycles. The Bertz CT molecular complexity index is 684. The molecule has 2 aromatic rings. The fourth-order valence-corrected chi connectivity index (χ4v) is 2.40. The van der Waals surface area contributed by atoms with E-state index in [1.807, 2.05) is 25.1 Å². The molecule has 0 radical (unpaired) electrons. The number of benzene rings is 1. The maximum Gasteiger partial charge on any atom is 0.338 e. The minimum atomic E-state index is -0.335. The van der Waals surface area contributed by atoms with E-state index in [1.165, 1.54) is 0 Å². The number of carbonyl (C=O) groups excluding carboxylic acids is 1. The van der Waals surface area contributed by atoms with Crippen LogP contribution in [0.5, 0.6) is 0 Å². The number of hydrogen-bond donors (Lipinski definition) is 2. The maximum absolute atomic E-state index is 11.8. The van der Waals surface area contributed by atoms with Crippen molar-refractivity contribution in [3.63, 3.8) is 0 Å². The smallest absolute Gasteiger partial charge is 0.338 e. The van der Waals surface area contributed by atoms with E-state index < -0.39 is 0 Å². The highest BCUT2D eigenvalue weighted by Gasteiger charge is 2.09. The molecule has 2 N–H and O–H groups in total. The molecule has 0 aliphatic carbocycles. The topological polar surface area (TPSA) is 63.5 Å². The second kappa shape index (κ2) is 9.08. The van der Waals surface area contributed by atoms with E-state index in [1.54, 1.807) is 25.3 Å². The Balaban J connectivity index is 1.84. The van der Waals surface area contributed by atoms with Gasteiger partial charge in [0, 0.05) is 18.7 Å². The molecule has 24 heavy (non-hydrogen) atoms. The van der Waals surface area contributed by atoms with E-state index >= 15 is 0 Å². The first kappa shape index (κ1) is 18.0. The van der Waals surface area contributed by atoms with E-state index in [2.05, 4.69) is 10.6 Å². The molecule has 1 heterocycles. The van der Waals surface area contributed by atoms with Crippen LogP contribution < -0.4 is 10.6 Å². The van der Waals surface area contributed by atoms with Crippen LogP contribution in [0, 0.1) is 6.92 Å². The number of esters is 1. The summed E-state index contributed by atoms with van der Waals surface area (Å²) in [4.78, 5) is 11.8. The summed E-state index contributed by atoms with van der Waals surface area (Å²) < 4.78 is 10.3. The number of thiocarbonyl (C=S) groups is 1. The summed E-state index contributed by atoms with van der Waals surface area (Å²) in [6, 6.07) is 9.21. The largest absolute Gasteiger partial charge is 0.469 e. The predicted octanol–water partition coefficient (Wildman–Crippen LogP) is 3.68. The van der Waals surface area contributed by atoms with Gasteiger partial charge in [0.2, 0.25) is 0 Å². The molecule has 0 spiro atoms. The molecule has 0 fully saturated rings. The standard InChI is InChI=1S/C18H22N2O3S/c1-3-22-17(21)14-9-8-13(2)16(12-14)20-18(24)19-10-4-6-15-7-5-11-23-15/h5,7-9,11-12H,3-4,6,10H2,1-2H3,(H2,19,20,24). The molecule has 0 saturated carbocycles. The minimum absolute atomic E-state index is 0.335. The normalized spacial score (nSPS) is 10.2. The molecule has 0 amide bonds. The first-order chi connectivity index (χ1) is 11.6. The molecule has 0 unspecified atom stereocenters. The predicted molar refractivity (Wildman–Crippen MR) is 98.4 cm³/mol. The third-order valence-electron chi connectivity index (χ3n) is 3.46. The number of anilines is 1. The summed E-state index contributed by atoms with van der Waals surface area (Å²) in [7, 11) is 0. The van der Waals surface area contributed by atoms with Gasteiger partial charge in [0.05, 0.1) is 18.4 Å². The van der Waals surface area contributed by atoms with Crippen LogP contribution >= 0.6 is 12.2 Å². The Morgan fingerprint density at radius 2 is 2.17 bits per heavy atom. The number of carbonyl (C=O) groups is 1. The second-order valence-corrected chi connectivity index (χ2v) is 5.72. The Hall–Kier alpha value is -2.34. The van der Waals surface area contributed by atoms with Crippen LogP contribution in [0.15, 0.2) is 41.0 Å². The van der Waals surface area contributed by atoms with Gasteiger partial charge in [-0.15, -0.1) is 0 Å². The van der Waals surface area contributed by atoms with Gasteiger partial charge in [-0.2, -0.15) is 0 Å². The monoisotopic (exact) mass is 346 g/mol. The summed E-state index contributed by atoms with van der Waals surface area (Å²) in [6.07, 6.45) is 3.45. The first-order valence-corrected chi connectivity index (χ1v) is 8.36. The molecule has 2 rings (SSSR count). The van der Waals surface area contributed by atoms with Crippen LogP contribution in [0.3, 0.4) is 0 Å². The minimum Gasteiger partial charge on any atom is -0.469 e. The molecule has 1 aromatic heterocycles.